The summed E-state index contributed by atoms with van der Waals surface area (Å²) in [6.07, 6.45) is 70.1. The second-order valence-electron chi connectivity index (χ2n) is 30.6. The standard InChI is InChI=1S/C85H162O17P2/c1-7-10-12-14-16-18-20-21-26-32-39-45-51-57-63-69-84(89)101-80(73-95-82(87)67-61-55-49-43-35-19-17-15-13-11-8-2)75-99-103(91,92)97-71-79(86)72-98-104(93,94)100-76-81(74-96-83(88)68-62-56-50-44-38-34-29-30-36-41-47-53-59-65-77(4)5)102-85(90)70-64-58-52-46-40-33-28-25-23-22-24-27-31-37-42-48-54-60-66-78(6)9-3/h18,20-21,26,77-81,86H,7-17,19,22-25,27-76H2,1-6H3,(H,91,92)(H,93,94)/b20-18-,26-21-/t78?,79-,80+,81+/m0/s1. The highest BCUT2D eigenvalue weighted by molar-refractivity contribution is 7.47. The van der Waals surface area contributed by atoms with Crippen LogP contribution in [0.15, 0.2) is 24.3 Å². The van der Waals surface area contributed by atoms with Crippen LogP contribution < -0.4 is 0 Å². The van der Waals surface area contributed by atoms with Gasteiger partial charge in [0.25, 0.3) is 0 Å². The van der Waals surface area contributed by atoms with Gasteiger partial charge in [0.05, 0.1) is 26.4 Å². The van der Waals surface area contributed by atoms with Gasteiger partial charge in [-0.05, 0) is 63.2 Å². The van der Waals surface area contributed by atoms with Gasteiger partial charge < -0.3 is 33.8 Å². The zero-order valence-electron chi connectivity index (χ0n) is 67.8. The highest BCUT2D eigenvalue weighted by Crippen LogP contribution is 2.45. The summed E-state index contributed by atoms with van der Waals surface area (Å²) in [6, 6.07) is 0. The Morgan fingerprint density at radius 2 is 0.567 bits per heavy atom. The van der Waals surface area contributed by atoms with Crippen LogP contribution in [0.4, 0.5) is 0 Å². The molecule has 0 saturated heterocycles. The molecule has 0 aromatic heterocycles. The van der Waals surface area contributed by atoms with E-state index in [1.165, 1.54) is 231 Å². The summed E-state index contributed by atoms with van der Waals surface area (Å²) in [5, 5.41) is 10.7. The van der Waals surface area contributed by atoms with Crippen LogP contribution >= 0.6 is 15.6 Å². The Balaban J connectivity index is 5.26. The number of aliphatic hydroxyl groups excluding tert-OH is 1. The van der Waals surface area contributed by atoms with Gasteiger partial charge in [-0.25, -0.2) is 9.13 Å². The number of carbonyl (C=O) groups is 4. The quantitative estimate of drug-likeness (QED) is 0.0169. The van der Waals surface area contributed by atoms with E-state index in [4.69, 9.17) is 37.0 Å². The van der Waals surface area contributed by atoms with Crippen LogP contribution in [0.5, 0.6) is 0 Å². The molecule has 0 fully saturated rings. The number of hydrogen-bond donors (Lipinski definition) is 3. The molecule has 0 aliphatic carbocycles. The first kappa shape index (κ1) is 102. The third kappa shape index (κ3) is 76.3. The minimum Gasteiger partial charge on any atom is -0.462 e. The molecule has 0 aliphatic heterocycles. The molecule has 3 N–H and O–H groups in total. The molecule has 0 bridgehead atoms. The fourth-order valence-electron chi connectivity index (χ4n) is 12.7. The van der Waals surface area contributed by atoms with Gasteiger partial charge in [-0.2, -0.15) is 0 Å². The van der Waals surface area contributed by atoms with Crippen LogP contribution in [0.25, 0.3) is 0 Å². The molecule has 0 spiro atoms. The molecule has 6 atom stereocenters. The average Bonchev–Trinajstić information content (AvgIpc) is 0.906. The first-order chi connectivity index (χ1) is 50.4. The van der Waals surface area contributed by atoms with Gasteiger partial charge in [0.1, 0.15) is 19.3 Å². The van der Waals surface area contributed by atoms with Crippen molar-refractivity contribution in [1.82, 2.24) is 0 Å². The summed E-state index contributed by atoms with van der Waals surface area (Å²) in [7, 11) is -9.94. The normalized spacial score (nSPS) is 14.2. The Hall–Kier alpha value is -2.46. The van der Waals surface area contributed by atoms with Crippen molar-refractivity contribution in [3.8, 4) is 0 Å². The smallest absolute Gasteiger partial charge is 0.462 e. The minimum absolute atomic E-state index is 0.0855. The van der Waals surface area contributed by atoms with E-state index in [-0.39, 0.29) is 25.7 Å². The average molecular weight is 1520 g/mol. The number of rotatable bonds is 82. The minimum atomic E-state index is -4.97. The highest BCUT2D eigenvalue weighted by atomic mass is 31.2. The van der Waals surface area contributed by atoms with Gasteiger partial charge in [-0.3, -0.25) is 37.3 Å². The van der Waals surface area contributed by atoms with Crippen LogP contribution in [-0.2, 0) is 65.4 Å². The second kappa shape index (κ2) is 75.9. The van der Waals surface area contributed by atoms with E-state index in [1.54, 1.807) is 0 Å². The van der Waals surface area contributed by atoms with Crippen molar-refractivity contribution in [2.75, 3.05) is 39.6 Å². The maximum absolute atomic E-state index is 13.1. The molecule has 0 saturated carbocycles. The lowest BCUT2D eigenvalue weighted by Crippen LogP contribution is -2.30. The predicted octanol–water partition coefficient (Wildman–Crippen LogP) is 25.4. The van der Waals surface area contributed by atoms with Crippen molar-refractivity contribution in [2.24, 2.45) is 11.8 Å². The van der Waals surface area contributed by atoms with Crippen LogP contribution in [0.3, 0.4) is 0 Å². The summed E-state index contributed by atoms with van der Waals surface area (Å²) in [5.74, 6) is -0.474. The SMILES string of the molecule is CCCCCC/C=C\C=C/CCCCCCCC(=O)O[C@H](COC(=O)CCCCCCCCCCCCC)COP(=O)(O)OC[C@H](O)COP(=O)(O)OC[C@@H](COC(=O)CCCCCCCCCCCCCCCC(C)C)OC(=O)CCCCCCCCCCCCCCCCCCCCC(C)CC. The van der Waals surface area contributed by atoms with Gasteiger partial charge >= 0.3 is 39.5 Å². The molecule has 614 valence electrons. The molecule has 3 unspecified atom stereocenters. The van der Waals surface area contributed by atoms with Crippen LogP contribution in [0.1, 0.15) is 427 Å². The van der Waals surface area contributed by atoms with Gasteiger partial charge in [0, 0.05) is 25.7 Å². The van der Waals surface area contributed by atoms with Gasteiger partial charge in [0.2, 0.25) is 0 Å². The fraction of sp³-hybridized carbons (Fsp3) is 0.906. The Kier molecular flexibility index (Phi) is 74.1. The van der Waals surface area contributed by atoms with Crippen LogP contribution in [-0.4, -0.2) is 96.7 Å². The highest BCUT2D eigenvalue weighted by Gasteiger charge is 2.30. The maximum Gasteiger partial charge on any atom is 0.472 e. The van der Waals surface area contributed by atoms with E-state index in [1.807, 2.05) is 0 Å². The van der Waals surface area contributed by atoms with Crippen molar-refractivity contribution < 1.29 is 80.2 Å². The number of phosphoric acid groups is 2. The molecule has 0 rings (SSSR count). The van der Waals surface area contributed by atoms with Gasteiger partial charge in [0.15, 0.2) is 12.2 Å². The van der Waals surface area contributed by atoms with Gasteiger partial charge in [-0.15, -0.1) is 0 Å². The van der Waals surface area contributed by atoms with E-state index in [2.05, 4.69) is 65.8 Å². The molecule has 0 amide bonds. The molecule has 0 radical (unpaired) electrons. The lowest BCUT2D eigenvalue weighted by Gasteiger charge is -2.21. The lowest BCUT2D eigenvalue weighted by molar-refractivity contribution is -0.161. The summed E-state index contributed by atoms with van der Waals surface area (Å²) in [4.78, 5) is 73.1. The number of esters is 4. The summed E-state index contributed by atoms with van der Waals surface area (Å²) >= 11 is 0. The number of hydrogen-bond acceptors (Lipinski definition) is 15. The fourth-order valence-corrected chi connectivity index (χ4v) is 14.3. The molecular weight excluding hydrogens is 1350 g/mol. The summed E-state index contributed by atoms with van der Waals surface area (Å²) in [5.41, 5.74) is 0. The number of phosphoric ester groups is 2. The van der Waals surface area contributed by atoms with Crippen molar-refractivity contribution in [1.29, 1.82) is 0 Å². The lowest BCUT2D eigenvalue weighted by atomic mass is 9.99. The number of carbonyl (C=O) groups excluding carboxylic acids is 4. The van der Waals surface area contributed by atoms with Crippen molar-refractivity contribution in [3.05, 3.63) is 24.3 Å². The Bertz CT molecular complexity index is 2090. The zero-order valence-corrected chi connectivity index (χ0v) is 69.6. The van der Waals surface area contributed by atoms with E-state index in [9.17, 15) is 43.2 Å². The Labute approximate surface area is 637 Å². The molecule has 0 aromatic carbocycles. The molecular formula is C85H162O17P2. The summed E-state index contributed by atoms with van der Waals surface area (Å²) in [6.45, 7) is 9.67. The predicted molar refractivity (Wildman–Crippen MR) is 427 cm³/mol. The number of allylic oxidation sites excluding steroid dienone is 4. The van der Waals surface area contributed by atoms with E-state index < -0.39 is 97.5 Å². The maximum atomic E-state index is 13.1. The Morgan fingerprint density at radius 3 is 0.865 bits per heavy atom. The van der Waals surface area contributed by atoms with Crippen molar-refractivity contribution in [2.45, 2.75) is 445 Å². The molecule has 0 aromatic rings. The molecule has 0 heterocycles. The monoisotopic (exact) mass is 1520 g/mol. The number of unbranched alkanes of at least 4 members (excludes halogenated alkanes) is 48. The molecule has 19 heteroatoms. The number of ether oxygens (including phenoxy) is 4. The first-order valence-electron chi connectivity index (χ1n) is 43.3. The van der Waals surface area contributed by atoms with E-state index >= 15 is 0 Å². The van der Waals surface area contributed by atoms with Crippen molar-refractivity contribution >= 4 is 39.5 Å². The Morgan fingerprint density at radius 1 is 0.317 bits per heavy atom. The van der Waals surface area contributed by atoms with E-state index in [0.29, 0.717) is 25.7 Å². The third-order valence-corrected chi connectivity index (χ3v) is 21.6. The molecule has 17 nitrogen and oxygen atoms in total. The topological polar surface area (TPSA) is 237 Å². The number of aliphatic hydroxyl groups is 1. The molecule has 0 aliphatic rings. The first-order valence-corrected chi connectivity index (χ1v) is 46.3. The van der Waals surface area contributed by atoms with Crippen LogP contribution in [0.2, 0.25) is 0 Å². The van der Waals surface area contributed by atoms with Crippen LogP contribution in [0, 0.1) is 11.8 Å². The van der Waals surface area contributed by atoms with Crippen molar-refractivity contribution in [3.63, 3.8) is 0 Å². The largest absolute Gasteiger partial charge is 0.472 e. The van der Waals surface area contributed by atoms with E-state index in [0.717, 1.165) is 115 Å². The van der Waals surface area contributed by atoms with Gasteiger partial charge in [-0.1, -0.05) is 374 Å². The summed E-state index contributed by atoms with van der Waals surface area (Å²) < 4.78 is 68.8. The second-order valence-corrected chi connectivity index (χ2v) is 33.5. The third-order valence-electron chi connectivity index (χ3n) is 19.7. The zero-order chi connectivity index (χ0) is 76.4. The molecule has 104 heavy (non-hydrogen) atoms.